The minimum atomic E-state index is -0.203. The van der Waals surface area contributed by atoms with Gasteiger partial charge in [0.25, 0.3) is 0 Å². The predicted molar refractivity (Wildman–Crippen MR) is 129 cm³/mol. The molecule has 1 aliphatic heterocycles. The van der Waals surface area contributed by atoms with Crippen LogP contribution in [0.2, 0.25) is 0 Å². The zero-order valence-corrected chi connectivity index (χ0v) is 20.2. The fraction of sp³-hybridized carbons (Fsp3) is 0.435. The molecule has 2 aromatic carbocycles. The van der Waals surface area contributed by atoms with Gasteiger partial charge in [0.2, 0.25) is 0 Å². The number of nitrogens with one attached hydrogen (secondary N) is 1. The highest BCUT2D eigenvalue weighted by molar-refractivity contribution is 14.0. The molecule has 1 N–H and O–H groups in total. The summed E-state index contributed by atoms with van der Waals surface area (Å²) in [6.07, 6.45) is 1.69. The normalized spacial score (nSPS) is 15.8. The van der Waals surface area contributed by atoms with Gasteiger partial charge in [-0.25, -0.2) is 4.39 Å². The molecule has 0 radical (unpaired) electrons. The fourth-order valence-corrected chi connectivity index (χ4v) is 3.94. The maximum Gasteiger partial charge on any atom is 0.193 e. The van der Waals surface area contributed by atoms with Crippen LogP contribution in [-0.4, -0.2) is 51.8 Å². The third-order valence-electron chi connectivity index (χ3n) is 5.65. The Labute approximate surface area is 195 Å². The van der Waals surface area contributed by atoms with Crippen molar-refractivity contribution in [1.82, 2.24) is 10.2 Å². The Balaban J connectivity index is 0.00000320. The largest absolute Gasteiger partial charge is 0.496 e. The van der Waals surface area contributed by atoms with Gasteiger partial charge in [-0.05, 0) is 36.6 Å². The highest BCUT2D eigenvalue weighted by atomic mass is 127. The summed E-state index contributed by atoms with van der Waals surface area (Å²) in [6.45, 7) is 2.68. The van der Waals surface area contributed by atoms with Crippen molar-refractivity contribution in [2.45, 2.75) is 24.8 Å². The summed E-state index contributed by atoms with van der Waals surface area (Å²) < 4.78 is 25.0. The van der Waals surface area contributed by atoms with E-state index in [1.54, 1.807) is 26.3 Å². The van der Waals surface area contributed by atoms with Gasteiger partial charge < -0.3 is 19.7 Å². The van der Waals surface area contributed by atoms with Crippen molar-refractivity contribution in [2.75, 3.05) is 41.0 Å². The summed E-state index contributed by atoms with van der Waals surface area (Å²) in [6, 6.07) is 14.9. The maximum absolute atomic E-state index is 13.9. The first kappa shape index (κ1) is 24.4. The van der Waals surface area contributed by atoms with E-state index in [0.717, 1.165) is 35.7 Å². The van der Waals surface area contributed by atoms with E-state index in [0.29, 0.717) is 26.3 Å². The van der Waals surface area contributed by atoms with Crippen LogP contribution in [0.3, 0.4) is 0 Å². The van der Waals surface area contributed by atoms with Crippen LogP contribution in [-0.2, 0) is 16.7 Å². The molecular weight excluding hydrogens is 496 g/mol. The zero-order chi connectivity index (χ0) is 20.7. The molecule has 0 aromatic heterocycles. The molecule has 1 saturated heterocycles. The second-order valence-electron chi connectivity index (χ2n) is 7.47. The molecular formula is C23H31FIN3O2. The van der Waals surface area contributed by atoms with Gasteiger partial charge in [-0.3, -0.25) is 4.99 Å². The molecule has 1 fully saturated rings. The van der Waals surface area contributed by atoms with E-state index in [-0.39, 0.29) is 35.2 Å². The lowest BCUT2D eigenvalue weighted by molar-refractivity contribution is 0.0511. The van der Waals surface area contributed by atoms with Crippen molar-refractivity contribution >= 4 is 29.9 Å². The number of para-hydroxylation sites is 1. The van der Waals surface area contributed by atoms with Crippen molar-refractivity contribution in [2.24, 2.45) is 4.99 Å². The van der Waals surface area contributed by atoms with Crippen molar-refractivity contribution < 1.29 is 13.9 Å². The topological polar surface area (TPSA) is 46.1 Å². The van der Waals surface area contributed by atoms with Gasteiger partial charge in [0, 0.05) is 51.4 Å². The Kier molecular flexibility index (Phi) is 9.36. The molecule has 7 heteroatoms. The van der Waals surface area contributed by atoms with Crippen molar-refractivity contribution in [3.63, 3.8) is 0 Å². The average molecular weight is 527 g/mol. The quantitative estimate of drug-likeness (QED) is 0.348. The lowest BCUT2D eigenvalue weighted by atomic mass is 9.74. The van der Waals surface area contributed by atoms with Crippen molar-refractivity contribution in [3.8, 4) is 5.75 Å². The number of rotatable bonds is 6. The molecule has 0 saturated carbocycles. The molecule has 1 heterocycles. The van der Waals surface area contributed by atoms with Gasteiger partial charge in [-0.2, -0.15) is 0 Å². The van der Waals surface area contributed by atoms with E-state index in [9.17, 15) is 4.39 Å². The second-order valence-corrected chi connectivity index (χ2v) is 7.47. The monoisotopic (exact) mass is 527 g/mol. The van der Waals surface area contributed by atoms with E-state index in [1.165, 1.54) is 6.07 Å². The number of nitrogens with zero attached hydrogens (tertiary/aromatic N) is 2. The standard InChI is InChI=1S/C23H30FN3O2.HI/c1-25-22(27(2)16-18-7-4-5-10-21(18)28-3)26-17-23(11-13-29-14-12-23)19-8-6-9-20(24)15-19;/h4-10,15H,11-14,16-17H2,1-3H3,(H,25,26);1H. The SMILES string of the molecule is CN=C(NCC1(c2cccc(F)c2)CCOCC1)N(C)Cc1ccccc1OC.I. The Morgan fingerprint density at radius 3 is 2.60 bits per heavy atom. The number of halogens is 2. The number of methoxy groups -OCH3 is 1. The summed E-state index contributed by atoms with van der Waals surface area (Å²) in [5, 5.41) is 3.51. The van der Waals surface area contributed by atoms with Crippen LogP contribution >= 0.6 is 24.0 Å². The highest BCUT2D eigenvalue weighted by Gasteiger charge is 2.35. The minimum Gasteiger partial charge on any atom is -0.496 e. The number of hydrogen-bond acceptors (Lipinski definition) is 3. The van der Waals surface area contributed by atoms with Crippen LogP contribution in [0.15, 0.2) is 53.5 Å². The van der Waals surface area contributed by atoms with E-state index >= 15 is 0 Å². The molecule has 1 aliphatic rings. The molecule has 0 bridgehead atoms. The number of ether oxygens (including phenoxy) is 2. The van der Waals surface area contributed by atoms with Gasteiger partial charge >= 0.3 is 0 Å². The molecule has 2 aromatic rings. The first-order valence-electron chi connectivity index (χ1n) is 9.95. The van der Waals surface area contributed by atoms with E-state index in [2.05, 4.69) is 21.3 Å². The number of aliphatic imine (C=N–C) groups is 1. The van der Waals surface area contributed by atoms with Gasteiger partial charge in [-0.1, -0.05) is 30.3 Å². The van der Waals surface area contributed by atoms with Crippen LogP contribution in [0, 0.1) is 5.82 Å². The molecule has 0 aliphatic carbocycles. The Morgan fingerprint density at radius 2 is 1.93 bits per heavy atom. The summed E-state index contributed by atoms with van der Waals surface area (Å²) >= 11 is 0. The molecule has 5 nitrogen and oxygen atoms in total. The average Bonchev–Trinajstić information content (AvgIpc) is 2.75. The molecule has 3 rings (SSSR count). The number of hydrogen-bond donors (Lipinski definition) is 1. The molecule has 164 valence electrons. The third kappa shape index (κ3) is 5.85. The summed E-state index contributed by atoms with van der Waals surface area (Å²) in [5.41, 5.74) is 1.92. The fourth-order valence-electron chi connectivity index (χ4n) is 3.94. The second kappa shape index (κ2) is 11.5. The third-order valence-corrected chi connectivity index (χ3v) is 5.65. The molecule has 0 unspecified atom stereocenters. The van der Waals surface area contributed by atoms with Gasteiger partial charge in [0.05, 0.1) is 7.11 Å². The smallest absolute Gasteiger partial charge is 0.193 e. The molecule has 0 spiro atoms. The Morgan fingerprint density at radius 1 is 1.20 bits per heavy atom. The predicted octanol–water partition coefficient (Wildman–Crippen LogP) is 4.21. The number of benzene rings is 2. The van der Waals surface area contributed by atoms with E-state index in [1.807, 2.05) is 31.3 Å². The lowest BCUT2D eigenvalue weighted by Crippen LogP contribution is -2.48. The molecule has 0 atom stereocenters. The molecule has 30 heavy (non-hydrogen) atoms. The maximum atomic E-state index is 13.9. The summed E-state index contributed by atoms with van der Waals surface area (Å²) in [5.74, 6) is 1.44. The lowest BCUT2D eigenvalue weighted by Gasteiger charge is -2.39. The Hall–Kier alpha value is -1.87. The first-order valence-corrected chi connectivity index (χ1v) is 9.95. The Bertz CT molecular complexity index is 841. The summed E-state index contributed by atoms with van der Waals surface area (Å²) in [4.78, 5) is 6.52. The van der Waals surface area contributed by atoms with Gasteiger partial charge in [0.15, 0.2) is 5.96 Å². The van der Waals surface area contributed by atoms with Crippen LogP contribution in [0.1, 0.15) is 24.0 Å². The van der Waals surface area contributed by atoms with Crippen LogP contribution in [0.4, 0.5) is 4.39 Å². The van der Waals surface area contributed by atoms with Gasteiger partial charge in [-0.15, -0.1) is 24.0 Å². The first-order chi connectivity index (χ1) is 14.1. The van der Waals surface area contributed by atoms with Crippen LogP contribution in [0.5, 0.6) is 5.75 Å². The minimum absolute atomic E-state index is 0. The van der Waals surface area contributed by atoms with Crippen LogP contribution < -0.4 is 10.1 Å². The number of guanidine groups is 1. The van der Waals surface area contributed by atoms with Crippen molar-refractivity contribution in [3.05, 3.63) is 65.5 Å². The molecule has 0 amide bonds. The van der Waals surface area contributed by atoms with Crippen LogP contribution in [0.25, 0.3) is 0 Å². The van der Waals surface area contributed by atoms with E-state index in [4.69, 9.17) is 9.47 Å². The van der Waals surface area contributed by atoms with E-state index < -0.39 is 0 Å². The van der Waals surface area contributed by atoms with Crippen molar-refractivity contribution in [1.29, 1.82) is 0 Å². The highest BCUT2D eigenvalue weighted by Crippen LogP contribution is 2.34. The zero-order valence-electron chi connectivity index (χ0n) is 17.9. The van der Waals surface area contributed by atoms with Gasteiger partial charge in [0.1, 0.15) is 11.6 Å². The summed E-state index contributed by atoms with van der Waals surface area (Å²) in [7, 11) is 5.46.